The maximum Gasteiger partial charge on any atom is 0.0667 e. The second-order valence-electron chi connectivity index (χ2n) is 4.21. The molecule has 0 aromatic rings. The van der Waals surface area contributed by atoms with Crippen molar-refractivity contribution in [3.63, 3.8) is 0 Å². The first-order valence-corrected chi connectivity index (χ1v) is 5.30. The number of hydrogen-bond acceptors (Lipinski definition) is 3. The van der Waals surface area contributed by atoms with E-state index in [9.17, 15) is 5.11 Å². The van der Waals surface area contributed by atoms with Crippen LogP contribution in [-0.4, -0.2) is 48.0 Å². The van der Waals surface area contributed by atoms with E-state index < -0.39 is 0 Å². The number of hydrogen-bond donors (Lipinski definition) is 1. The van der Waals surface area contributed by atoms with Gasteiger partial charge in [0, 0.05) is 51.4 Å². The molecule has 0 aromatic carbocycles. The van der Waals surface area contributed by atoms with Crippen molar-refractivity contribution in [2.45, 2.75) is 44.4 Å². The molecule has 0 bridgehead atoms. The molecule has 2 aliphatic rings. The molecule has 4 heteroatoms. The number of likely N-dealkylation sites (tertiary alicyclic amines) is 1. The molecule has 0 aromatic heterocycles. The normalized spacial score (nSPS) is 35.6. The molecule has 14 heavy (non-hydrogen) atoms. The molecule has 3 nitrogen and oxygen atoms in total. The third-order valence-electron chi connectivity index (χ3n) is 3.27. The van der Waals surface area contributed by atoms with E-state index in [4.69, 9.17) is 4.74 Å². The van der Waals surface area contributed by atoms with Crippen molar-refractivity contribution in [3.8, 4) is 0 Å². The van der Waals surface area contributed by atoms with Crippen LogP contribution in [-0.2, 0) is 37.4 Å². The molecule has 0 saturated carbocycles. The molecule has 2 aliphatic heterocycles. The van der Waals surface area contributed by atoms with Crippen LogP contribution in [0.2, 0.25) is 0 Å². The summed E-state index contributed by atoms with van der Waals surface area (Å²) in [6, 6.07) is 0.953. The number of rotatable bonds is 2. The second kappa shape index (κ2) is 5.90. The topological polar surface area (TPSA) is 32.7 Å². The molecule has 2 saturated heterocycles. The SMILES string of the molecule is C[C@H](O)C1CCCN1[C@@H]1CCOC1.[Y]. The van der Waals surface area contributed by atoms with Crippen LogP contribution in [0.4, 0.5) is 0 Å². The van der Waals surface area contributed by atoms with Gasteiger partial charge in [-0.3, -0.25) is 4.90 Å². The molecular formula is C10H19NO2Y. The van der Waals surface area contributed by atoms with Crippen molar-refractivity contribution in [1.29, 1.82) is 0 Å². The number of aliphatic hydroxyl groups is 1. The molecule has 0 spiro atoms. The van der Waals surface area contributed by atoms with Crippen LogP contribution in [0.25, 0.3) is 0 Å². The van der Waals surface area contributed by atoms with E-state index in [-0.39, 0.29) is 38.8 Å². The van der Waals surface area contributed by atoms with Crippen LogP contribution in [0, 0.1) is 0 Å². The molecular weight excluding hydrogens is 255 g/mol. The summed E-state index contributed by atoms with van der Waals surface area (Å²) in [6.07, 6.45) is 3.33. The van der Waals surface area contributed by atoms with E-state index in [0.29, 0.717) is 12.1 Å². The Kier molecular flexibility index (Phi) is 5.50. The van der Waals surface area contributed by atoms with Gasteiger partial charge < -0.3 is 9.84 Å². The Hall–Kier alpha value is 0.984. The zero-order valence-electron chi connectivity index (χ0n) is 8.85. The molecule has 1 unspecified atom stereocenters. The molecule has 1 radical (unpaired) electrons. The summed E-state index contributed by atoms with van der Waals surface area (Å²) in [4.78, 5) is 2.44. The molecule has 1 N–H and O–H groups in total. The first-order valence-electron chi connectivity index (χ1n) is 5.30. The summed E-state index contributed by atoms with van der Waals surface area (Å²) in [5.74, 6) is 0. The van der Waals surface area contributed by atoms with Crippen molar-refractivity contribution >= 4 is 0 Å². The van der Waals surface area contributed by atoms with Crippen molar-refractivity contribution in [2.75, 3.05) is 19.8 Å². The Labute approximate surface area is 111 Å². The van der Waals surface area contributed by atoms with E-state index in [1.807, 2.05) is 6.92 Å². The summed E-state index contributed by atoms with van der Waals surface area (Å²) >= 11 is 0. The van der Waals surface area contributed by atoms with Gasteiger partial charge in [-0.2, -0.15) is 0 Å². The Balaban J connectivity index is 0.000000980. The van der Waals surface area contributed by atoms with Gasteiger partial charge in [-0.05, 0) is 32.7 Å². The molecule has 79 valence electrons. The minimum Gasteiger partial charge on any atom is -0.392 e. The summed E-state index contributed by atoms with van der Waals surface area (Å²) < 4.78 is 5.37. The fourth-order valence-electron chi connectivity index (χ4n) is 2.57. The van der Waals surface area contributed by atoms with Crippen molar-refractivity contribution in [2.24, 2.45) is 0 Å². The Bertz CT molecular complexity index is 172. The van der Waals surface area contributed by atoms with Gasteiger partial charge >= 0.3 is 0 Å². The molecule has 2 rings (SSSR count). The van der Waals surface area contributed by atoms with Crippen LogP contribution in [0.1, 0.15) is 26.2 Å². The van der Waals surface area contributed by atoms with Crippen molar-refractivity contribution < 1.29 is 42.6 Å². The predicted molar refractivity (Wildman–Crippen MR) is 50.6 cm³/mol. The van der Waals surface area contributed by atoms with Crippen LogP contribution in [0.15, 0.2) is 0 Å². The standard InChI is InChI=1S/C10H19NO2.Y/c1-8(12)10-3-2-5-11(10)9-4-6-13-7-9;/h8-10,12H,2-7H2,1H3;/t8-,9+,10?;/m0./s1. The first-order chi connectivity index (χ1) is 6.29. The molecule has 2 fully saturated rings. The van der Waals surface area contributed by atoms with Gasteiger partial charge in [0.05, 0.1) is 12.7 Å². The van der Waals surface area contributed by atoms with Gasteiger partial charge in [0.25, 0.3) is 0 Å². The van der Waals surface area contributed by atoms with E-state index in [0.717, 1.165) is 32.6 Å². The monoisotopic (exact) mass is 274 g/mol. The van der Waals surface area contributed by atoms with Gasteiger partial charge in [-0.25, -0.2) is 0 Å². The van der Waals surface area contributed by atoms with Gasteiger partial charge in [0.15, 0.2) is 0 Å². The minimum atomic E-state index is -0.192. The largest absolute Gasteiger partial charge is 0.392 e. The van der Waals surface area contributed by atoms with E-state index in [1.54, 1.807) is 0 Å². The maximum absolute atomic E-state index is 9.60. The Morgan fingerprint density at radius 2 is 2.21 bits per heavy atom. The average Bonchev–Trinajstić information content (AvgIpc) is 2.74. The third-order valence-corrected chi connectivity index (χ3v) is 3.27. The molecule has 0 aliphatic carbocycles. The van der Waals surface area contributed by atoms with E-state index >= 15 is 0 Å². The third kappa shape index (κ3) is 2.76. The fourth-order valence-corrected chi connectivity index (χ4v) is 2.57. The summed E-state index contributed by atoms with van der Waals surface area (Å²) in [5.41, 5.74) is 0. The van der Waals surface area contributed by atoms with Gasteiger partial charge in [-0.1, -0.05) is 0 Å². The summed E-state index contributed by atoms with van der Waals surface area (Å²) in [7, 11) is 0. The summed E-state index contributed by atoms with van der Waals surface area (Å²) in [6.45, 7) is 4.80. The zero-order valence-corrected chi connectivity index (χ0v) is 11.7. The summed E-state index contributed by atoms with van der Waals surface area (Å²) in [5, 5.41) is 9.60. The van der Waals surface area contributed by atoms with Crippen LogP contribution < -0.4 is 0 Å². The van der Waals surface area contributed by atoms with Crippen molar-refractivity contribution in [3.05, 3.63) is 0 Å². The van der Waals surface area contributed by atoms with E-state index in [2.05, 4.69) is 4.90 Å². The van der Waals surface area contributed by atoms with Crippen molar-refractivity contribution in [1.82, 2.24) is 4.90 Å². The molecule has 3 atom stereocenters. The zero-order chi connectivity index (χ0) is 9.26. The Morgan fingerprint density at radius 3 is 2.79 bits per heavy atom. The maximum atomic E-state index is 9.60. The number of nitrogens with zero attached hydrogens (tertiary/aromatic N) is 1. The predicted octanol–water partition coefficient (Wildman–Crippen LogP) is 0.618. The van der Waals surface area contributed by atoms with E-state index in [1.165, 1.54) is 6.42 Å². The first kappa shape index (κ1) is 13.1. The molecule has 2 heterocycles. The van der Waals surface area contributed by atoms with Crippen LogP contribution in [0.3, 0.4) is 0 Å². The van der Waals surface area contributed by atoms with Crippen LogP contribution >= 0.6 is 0 Å². The fraction of sp³-hybridized carbons (Fsp3) is 1.00. The Morgan fingerprint density at radius 1 is 1.43 bits per heavy atom. The number of aliphatic hydroxyl groups excluding tert-OH is 1. The smallest absolute Gasteiger partial charge is 0.0667 e. The quantitative estimate of drug-likeness (QED) is 0.801. The van der Waals surface area contributed by atoms with Gasteiger partial charge in [-0.15, -0.1) is 0 Å². The minimum absolute atomic E-state index is 0. The van der Waals surface area contributed by atoms with Crippen LogP contribution in [0.5, 0.6) is 0 Å². The van der Waals surface area contributed by atoms with Gasteiger partial charge in [0.1, 0.15) is 0 Å². The second-order valence-corrected chi connectivity index (χ2v) is 4.21. The number of ether oxygens (including phenoxy) is 1. The molecule has 0 amide bonds. The van der Waals surface area contributed by atoms with Gasteiger partial charge in [0.2, 0.25) is 0 Å². The average molecular weight is 274 g/mol.